The summed E-state index contributed by atoms with van der Waals surface area (Å²) in [6.45, 7) is 4.20. The summed E-state index contributed by atoms with van der Waals surface area (Å²) in [6, 6.07) is 0. The van der Waals surface area contributed by atoms with Crippen LogP contribution in [-0.4, -0.2) is 22.2 Å². The number of carboxylic acids is 2. The molecule has 2 aliphatic rings. The van der Waals surface area contributed by atoms with Gasteiger partial charge in [-0.05, 0) is 42.9 Å². The van der Waals surface area contributed by atoms with E-state index in [9.17, 15) is 19.8 Å². The van der Waals surface area contributed by atoms with Crippen molar-refractivity contribution in [1.82, 2.24) is 0 Å². The van der Waals surface area contributed by atoms with Crippen LogP contribution >= 0.6 is 0 Å². The largest absolute Gasteiger partial charge is 0.480 e. The molecule has 114 valence electrons. The predicted octanol–water partition coefficient (Wildman–Crippen LogP) is 3.40. The third-order valence-electron chi connectivity index (χ3n) is 5.76. The molecule has 0 aliphatic heterocycles. The van der Waals surface area contributed by atoms with E-state index in [0.717, 1.165) is 38.5 Å². The Kier molecular flexibility index (Phi) is 4.40. The first-order chi connectivity index (χ1) is 9.45. The molecule has 2 fully saturated rings. The molecule has 0 aromatic carbocycles. The van der Waals surface area contributed by atoms with Crippen molar-refractivity contribution in [2.24, 2.45) is 29.1 Å². The van der Waals surface area contributed by atoms with E-state index in [2.05, 4.69) is 6.92 Å². The Morgan fingerprint density at radius 1 is 1.15 bits per heavy atom. The zero-order valence-electron chi connectivity index (χ0n) is 12.5. The van der Waals surface area contributed by atoms with Crippen molar-refractivity contribution in [3.05, 3.63) is 0 Å². The van der Waals surface area contributed by atoms with Crippen LogP contribution in [0.15, 0.2) is 0 Å². The van der Waals surface area contributed by atoms with Gasteiger partial charge < -0.3 is 10.2 Å². The van der Waals surface area contributed by atoms with Gasteiger partial charge in [0.2, 0.25) is 0 Å². The van der Waals surface area contributed by atoms with Gasteiger partial charge in [-0.25, -0.2) is 0 Å². The van der Waals surface area contributed by atoms with E-state index in [1.807, 2.05) is 6.92 Å². The Hall–Kier alpha value is -1.06. The molecule has 0 heterocycles. The fourth-order valence-corrected chi connectivity index (χ4v) is 4.93. The van der Waals surface area contributed by atoms with Gasteiger partial charge in [-0.15, -0.1) is 0 Å². The predicted molar refractivity (Wildman–Crippen MR) is 75.3 cm³/mol. The van der Waals surface area contributed by atoms with E-state index in [-0.39, 0.29) is 17.8 Å². The van der Waals surface area contributed by atoms with Crippen molar-refractivity contribution in [3.8, 4) is 0 Å². The fourth-order valence-electron chi connectivity index (χ4n) is 4.93. The van der Waals surface area contributed by atoms with Gasteiger partial charge in [0.25, 0.3) is 0 Å². The summed E-state index contributed by atoms with van der Waals surface area (Å²) in [5.74, 6) is -1.47. The zero-order chi connectivity index (χ0) is 14.9. The van der Waals surface area contributed by atoms with Crippen LogP contribution in [0.5, 0.6) is 0 Å². The van der Waals surface area contributed by atoms with E-state index in [0.29, 0.717) is 12.3 Å². The van der Waals surface area contributed by atoms with E-state index in [1.165, 1.54) is 0 Å². The normalized spacial score (nSPS) is 36.1. The van der Waals surface area contributed by atoms with Crippen molar-refractivity contribution in [1.29, 1.82) is 0 Å². The minimum Gasteiger partial charge on any atom is -0.480 e. The Balaban J connectivity index is 2.41. The summed E-state index contributed by atoms with van der Waals surface area (Å²) in [4.78, 5) is 23.6. The highest BCUT2D eigenvalue weighted by molar-refractivity contribution is 5.98. The first kappa shape index (κ1) is 15.3. The van der Waals surface area contributed by atoms with Crippen LogP contribution in [0, 0.1) is 29.1 Å². The summed E-state index contributed by atoms with van der Waals surface area (Å²) < 4.78 is 0. The number of fused-ring (bicyclic) bond motifs is 1. The Morgan fingerprint density at radius 3 is 2.30 bits per heavy atom. The second-order valence-corrected chi connectivity index (χ2v) is 6.77. The maximum atomic E-state index is 11.8. The van der Waals surface area contributed by atoms with Gasteiger partial charge in [0, 0.05) is 0 Å². The maximum Gasteiger partial charge on any atom is 0.321 e. The van der Waals surface area contributed by atoms with Gasteiger partial charge in [0.05, 0.1) is 0 Å². The number of carboxylic acid groups (broad SMARTS) is 2. The molecule has 0 aromatic heterocycles. The highest BCUT2D eigenvalue weighted by Crippen LogP contribution is 2.56. The second kappa shape index (κ2) is 5.74. The van der Waals surface area contributed by atoms with Crippen LogP contribution in [0.2, 0.25) is 0 Å². The summed E-state index contributed by atoms with van der Waals surface area (Å²) in [7, 11) is 0. The van der Waals surface area contributed by atoms with Crippen LogP contribution in [0.25, 0.3) is 0 Å². The molecule has 0 aromatic rings. The van der Waals surface area contributed by atoms with Crippen LogP contribution in [0.4, 0.5) is 0 Å². The molecule has 2 saturated carbocycles. The summed E-state index contributed by atoms with van der Waals surface area (Å²) in [5, 5.41) is 19.3. The Bertz CT molecular complexity index is 376. The molecular weight excluding hydrogens is 256 g/mol. The molecule has 0 spiro atoms. The molecule has 2 N–H and O–H groups in total. The Labute approximate surface area is 120 Å². The topological polar surface area (TPSA) is 74.6 Å². The summed E-state index contributed by atoms with van der Waals surface area (Å²) in [6.07, 6.45) is 6.32. The fraction of sp³-hybridized carbons (Fsp3) is 0.875. The van der Waals surface area contributed by atoms with Gasteiger partial charge >= 0.3 is 11.9 Å². The zero-order valence-corrected chi connectivity index (χ0v) is 12.5. The third-order valence-corrected chi connectivity index (χ3v) is 5.76. The SMILES string of the molecule is CCCC1C(C)CC(C(=O)O)(C(=O)O)C2CCCCC12. The standard InChI is InChI=1S/C16H26O4/c1-3-6-11-10(2)9-16(14(17)18,15(19)20)13-8-5-4-7-12(11)13/h10-13H,3-9H2,1-2H3,(H,17,18)(H,19,20). The molecule has 0 bridgehead atoms. The first-order valence-corrected chi connectivity index (χ1v) is 7.92. The third kappa shape index (κ3) is 2.23. The lowest BCUT2D eigenvalue weighted by atomic mass is 9.50. The molecule has 4 atom stereocenters. The minimum absolute atomic E-state index is 0.181. The van der Waals surface area contributed by atoms with Crippen molar-refractivity contribution in [3.63, 3.8) is 0 Å². The molecule has 20 heavy (non-hydrogen) atoms. The molecule has 0 amide bonds. The lowest BCUT2D eigenvalue weighted by molar-refractivity contribution is -0.182. The van der Waals surface area contributed by atoms with Gasteiger partial charge in [-0.3, -0.25) is 9.59 Å². The number of hydrogen-bond acceptors (Lipinski definition) is 2. The van der Waals surface area contributed by atoms with Gasteiger partial charge in [-0.2, -0.15) is 0 Å². The highest BCUT2D eigenvalue weighted by atomic mass is 16.4. The van der Waals surface area contributed by atoms with Crippen LogP contribution in [-0.2, 0) is 9.59 Å². The molecule has 0 saturated heterocycles. The molecule has 2 rings (SSSR count). The Morgan fingerprint density at radius 2 is 1.75 bits per heavy atom. The average molecular weight is 282 g/mol. The highest BCUT2D eigenvalue weighted by Gasteiger charge is 2.60. The van der Waals surface area contributed by atoms with E-state index >= 15 is 0 Å². The number of aliphatic carboxylic acids is 2. The quantitative estimate of drug-likeness (QED) is 0.775. The number of rotatable bonds is 4. The minimum atomic E-state index is -1.55. The van der Waals surface area contributed by atoms with Gasteiger partial charge in [0.1, 0.15) is 0 Å². The lowest BCUT2D eigenvalue weighted by Crippen LogP contribution is -2.56. The van der Waals surface area contributed by atoms with Gasteiger partial charge in [-0.1, -0.05) is 39.5 Å². The van der Waals surface area contributed by atoms with Crippen molar-refractivity contribution >= 4 is 11.9 Å². The van der Waals surface area contributed by atoms with Crippen LogP contribution in [0.3, 0.4) is 0 Å². The lowest BCUT2D eigenvalue weighted by Gasteiger charge is -2.52. The molecule has 2 aliphatic carbocycles. The van der Waals surface area contributed by atoms with E-state index < -0.39 is 17.4 Å². The van der Waals surface area contributed by atoms with Crippen molar-refractivity contribution in [2.75, 3.05) is 0 Å². The van der Waals surface area contributed by atoms with Crippen LogP contribution in [0.1, 0.15) is 58.8 Å². The number of carbonyl (C=O) groups is 2. The molecule has 4 nitrogen and oxygen atoms in total. The summed E-state index contributed by atoms with van der Waals surface area (Å²) >= 11 is 0. The van der Waals surface area contributed by atoms with Crippen LogP contribution < -0.4 is 0 Å². The molecular formula is C16H26O4. The van der Waals surface area contributed by atoms with E-state index in [1.54, 1.807) is 0 Å². The van der Waals surface area contributed by atoms with Crippen molar-refractivity contribution < 1.29 is 19.8 Å². The van der Waals surface area contributed by atoms with Crippen molar-refractivity contribution in [2.45, 2.75) is 58.8 Å². The molecule has 4 heteroatoms. The van der Waals surface area contributed by atoms with Gasteiger partial charge in [0.15, 0.2) is 5.41 Å². The first-order valence-electron chi connectivity index (χ1n) is 7.92. The van der Waals surface area contributed by atoms with E-state index in [4.69, 9.17) is 0 Å². The smallest absolute Gasteiger partial charge is 0.321 e. The average Bonchev–Trinajstić information content (AvgIpc) is 2.41. The maximum absolute atomic E-state index is 11.8. The molecule has 4 unspecified atom stereocenters. The monoisotopic (exact) mass is 282 g/mol. The second-order valence-electron chi connectivity index (χ2n) is 6.77. The number of hydrogen-bond donors (Lipinski definition) is 2. The summed E-state index contributed by atoms with van der Waals surface area (Å²) in [5.41, 5.74) is -1.55. The molecule has 0 radical (unpaired) electrons.